The lowest BCUT2D eigenvalue weighted by Crippen LogP contribution is -2.58. The van der Waals surface area contributed by atoms with Gasteiger partial charge in [-0.25, -0.2) is 24.8 Å². The van der Waals surface area contributed by atoms with Crippen molar-refractivity contribution >= 4 is 40.9 Å². The number of hydrazine groups is 1. The van der Waals surface area contributed by atoms with Crippen LogP contribution in [-0.2, 0) is 36.9 Å². The summed E-state index contributed by atoms with van der Waals surface area (Å²) in [6, 6.07) is 25.2. The normalized spacial score (nSPS) is 17.1. The number of likely N-dealkylation sites (tertiary alicyclic amines) is 2. The highest BCUT2D eigenvalue weighted by Crippen LogP contribution is 2.44. The summed E-state index contributed by atoms with van der Waals surface area (Å²) in [6.45, 7) is 0.593. The Morgan fingerprint density at radius 1 is 0.781 bits per heavy atom. The van der Waals surface area contributed by atoms with Crippen LogP contribution in [0.15, 0.2) is 110 Å². The number of esters is 1. The van der Waals surface area contributed by atoms with Crippen LogP contribution in [0.5, 0.6) is 0 Å². The van der Waals surface area contributed by atoms with E-state index in [0.717, 1.165) is 39.9 Å². The molecule has 19 nitrogen and oxygen atoms in total. The lowest BCUT2D eigenvalue weighted by atomic mass is 9.98. The molecular formula is C45H45N9O10. The van der Waals surface area contributed by atoms with Crippen molar-refractivity contribution in [1.29, 1.82) is 0 Å². The Bertz CT molecular complexity index is 2520. The van der Waals surface area contributed by atoms with Crippen molar-refractivity contribution in [3.63, 3.8) is 0 Å². The molecule has 5 aromatic rings. The van der Waals surface area contributed by atoms with Crippen LogP contribution in [-0.4, -0.2) is 91.0 Å². The fraction of sp³-hybridized carbons (Fsp3) is 0.311. The molecule has 0 radical (unpaired) electrons. The van der Waals surface area contributed by atoms with Crippen LogP contribution in [0.1, 0.15) is 60.4 Å². The molecule has 0 spiro atoms. The number of nitrogens with zero attached hydrogens (tertiary/aromatic N) is 6. The summed E-state index contributed by atoms with van der Waals surface area (Å²) in [6.07, 6.45) is 4.53. The van der Waals surface area contributed by atoms with Crippen molar-refractivity contribution in [3.8, 4) is 11.1 Å². The Labute approximate surface area is 366 Å². The number of non-ortho nitro benzene ring substituents is 1. The van der Waals surface area contributed by atoms with Gasteiger partial charge >= 0.3 is 17.7 Å². The number of fused-ring (bicyclic) bond motifs is 3. The predicted molar refractivity (Wildman–Crippen MR) is 231 cm³/mol. The first-order chi connectivity index (χ1) is 31.0. The molecule has 0 bridgehead atoms. The molecule has 3 aliphatic rings. The number of amides is 3. The molecule has 2 saturated heterocycles. The molecule has 3 N–H and O–H groups in total. The SMILES string of the molecule is O=C(N[C@H](Cc1cn(NNc2ccc([N+](=O)[O-])cc2[N+](=O)[O-])cn1)C(=O)N1CCC[C@H]1C(=O)OCc1ccccc1)[C@@H]1CCCCN1C(=O)OCC1c2ccccc2-c2ccccc21. The van der Waals surface area contributed by atoms with Crippen molar-refractivity contribution in [2.75, 3.05) is 30.7 Å². The Morgan fingerprint density at radius 3 is 2.19 bits per heavy atom. The summed E-state index contributed by atoms with van der Waals surface area (Å²) in [5, 5.41) is 25.8. The molecule has 64 heavy (non-hydrogen) atoms. The van der Waals surface area contributed by atoms with Gasteiger partial charge < -0.3 is 19.7 Å². The van der Waals surface area contributed by atoms with E-state index in [-0.39, 0.29) is 44.3 Å². The predicted octanol–water partition coefficient (Wildman–Crippen LogP) is 5.84. The zero-order valence-electron chi connectivity index (χ0n) is 34.5. The number of aromatic nitrogens is 2. The Morgan fingerprint density at radius 2 is 1.47 bits per heavy atom. The van der Waals surface area contributed by atoms with Gasteiger partial charge in [0, 0.05) is 31.5 Å². The second-order valence-corrected chi connectivity index (χ2v) is 15.8. The van der Waals surface area contributed by atoms with Gasteiger partial charge in [0.05, 0.1) is 27.8 Å². The number of hydrogen-bond acceptors (Lipinski definition) is 13. The summed E-state index contributed by atoms with van der Waals surface area (Å²) in [7, 11) is 0. The van der Waals surface area contributed by atoms with Crippen molar-refractivity contribution in [2.45, 2.75) is 69.2 Å². The van der Waals surface area contributed by atoms with Crippen LogP contribution < -0.4 is 16.3 Å². The molecule has 2 fully saturated rings. The van der Waals surface area contributed by atoms with Crippen molar-refractivity contribution in [3.05, 3.63) is 152 Å². The topological polar surface area (TPSA) is 233 Å². The van der Waals surface area contributed by atoms with Gasteiger partial charge in [-0.2, -0.15) is 0 Å². The summed E-state index contributed by atoms with van der Waals surface area (Å²) < 4.78 is 12.9. The quantitative estimate of drug-likeness (QED) is 0.0639. The van der Waals surface area contributed by atoms with E-state index in [1.165, 1.54) is 33.1 Å². The van der Waals surface area contributed by atoms with E-state index in [9.17, 15) is 39.4 Å². The number of carbonyl (C=O) groups is 4. The van der Waals surface area contributed by atoms with Crippen LogP contribution in [0, 0.1) is 20.2 Å². The van der Waals surface area contributed by atoms with Gasteiger partial charge in [-0.1, -0.05) is 78.9 Å². The van der Waals surface area contributed by atoms with Crippen LogP contribution >= 0.6 is 0 Å². The van der Waals surface area contributed by atoms with Crippen molar-refractivity contribution in [1.82, 2.24) is 24.8 Å². The highest BCUT2D eigenvalue weighted by molar-refractivity contribution is 5.93. The average Bonchev–Trinajstić information content (AvgIpc) is 4.07. The number of nitro benzene ring substituents is 2. The molecule has 1 aliphatic carbocycles. The van der Waals surface area contributed by atoms with Crippen molar-refractivity contribution < 1.29 is 38.5 Å². The molecule has 0 saturated carbocycles. The Hall–Kier alpha value is -7.83. The highest BCUT2D eigenvalue weighted by atomic mass is 16.6. The van der Waals surface area contributed by atoms with Gasteiger partial charge in [-0.15, -0.1) is 0 Å². The molecule has 3 amide bonds. The molecule has 2 aliphatic heterocycles. The summed E-state index contributed by atoms with van der Waals surface area (Å²) in [5.41, 5.74) is 9.65. The highest BCUT2D eigenvalue weighted by Gasteiger charge is 2.41. The molecule has 330 valence electrons. The number of hydrogen-bond donors (Lipinski definition) is 3. The summed E-state index contributed by atoms with van der Waals surface area (Å²) in [4.78, 5) is 84.8. The molecule has 19 heteroatoms. The van der Waals surface area contributed by atoms with E-state index in [0.29, 0.717) is 37.8 Å². The van der Waals surface area contributed by atoms with Gasteiger partial charge in [0.1, 0.15) is 43.4 Å². The second kappa shape index (κ2) is 19.1. The largest absolute Gasteiger partial charge is 0.459 e. The van der Waals surface area contributed by atoms with Gasteiger partial charge in [0.2, 0.25) is 11.8 Å². The maximum Gasteiger partial charge on any atom is 0.410 e. The minimum atomic E-state index is -1.24. The first-order valence-corrected chi connectivity index (χ1v) is 21.0. The molecule has 8 rings (SSSR count). The summed E-state index contributed by atoms with van der Waals surface area (Å²) in [5.74, 6) is -1.87. The van der Waals surface area contributed by atoms with Crippen LogP contribution in [0.4, 0.5) is 21.9 Å². The minimum Gasteiger partial charge on any atom is -0.459 e. The Balaban J connectivity index is 0.984. The number of imidazole rings is 1. The number of carbonyl (C=O) groups excluding carboxylic acids is 4. The third-order valence-corrected chi connectivity index (χ3v) is 11.8. The van der Waals surface area contributed by atoms with Crippen LogP contribution in [0.2, 0.25) is 0 Å². The molecule has 3 heterocycles. The van der Waals surface area contributed by atoms with Gasteiger partial charge in [0.25, 0.3) is 5.69 Å². The number of piperidine rings is 1. The number of nitrogens with one attached hydrogen (secondary N) is 3. The molecule has 3 atom stereocenters. The lowest BCUT2D eigenvalue weighted by Gasteiger charge is -2.35. The molecular weight excluding hydrogens is 827 g/mol. The first kappa shape index (κ1) is 42.8. The van der Waals surface area contributed by atoms with E-state index in [1.807, 2.05) is 78.9 Å². The monoisotopic (exact) mass is 871 g/mol. The van der Waals surface area contributed by atoms with Gasteiger partial charge in [-0.3, -0.25) is 40.1 Å². The fourth-order valence-corrected chi connectivity index (χ4v) is 8.62. The maximum atomic E-state index is 14.5. The Kier molecular flexibility index (Phi) is 12.8. The lowest BCUT2D eigenvalue weighted by molar-refractivity contribution is -0.393. The van der Waals surface area contributed by atoms with E-state index in [4.69, 9.17) is 9.47 Å². The van der Waals surface area contributed by atoms with Gasteiger partial charge in [0.15, 0.2) is 0 Å². The fourth-order valence-electron chi connectivity index (χ4n) is 8.62. The van der Waals surface area contributed by atoms with E-state index in [2.05, 4.69) is 21.3 Å². The number of benzene rings is 4. The molecule has 1 aromatic heterocycles. The third-order valence-electron chi connectivity index (χ3n) is 11.8. The minimum absolute atomic E-state index is 0.0211. The zero-order valence-corrected chi connectivity index (χ0v) is 34.5. The van der Waals surface area contributed by atoms with Crippen LogP contribution in [0.25, 0.3) is 11.1 Å². The standard InChI is InChI=1S/C45H45N9O10/c55-42(39-17-8-9-21-52(39)45(58)64-27-36-34-15-6-4-13-32(34)33-14-5-7-16-35(33)36)47-38(43(56)51-22-10-18-40(51)44(57)63-26-29-11-2-1-3-12-29)23-30-25-50(28-46-30)49-48-37-20-19-31(53(59)60)24-41(37)54(61)62/h1-7,11-16,19-20,24-25,28,36,38-40,48-49H,8-10,17-18,21-23,26-27H2,(H,47,55)/t38-,39+,40+/m1/s1. The zero-order chi connectivity index (χ0) is 44.7. The smallest absolute Gasteiger partial charge is 0.410 e. The second-order valence-electron chi connectivity index (χ2n) is 15.8. The molecule has 0 unspecified atom stereocenters. The number of anilines is 1. The number of ether oxygens (including phenoxy) is 2. The summed E-state index contributed by atoms with van der Waals surface area (Å²) >= 11 is 0. The number of nitro groups is 2. The van der Waals surface area contributed by atoms with E-state index < -0.39 is 63.2 Å². The third kappa shape index (κ3) is 9.32. The van der Waals surface area contributed by atoms with E-state index >= 15 is 0 Å². The van der Waals surface area contributed by atoms with Gasteiger partial charge in [-0.05, 0) is 66.0 Å². The average molecular weight is 872 g/mol. The molecule has 4 aromatic carbocycles. The van der Waals surface area contributed by atoms with E-state index in [1.54, 1.807) is 0 Å². The number of rotatable bonds is 15. The van der Waals surface area contributed by atoms with Crippen LogP contribution in [0.3, 0.4) is 0 Å². The first-order valence-electron chi connectivity index (χ1n) is 21.0. The maximum absolute atomic E-state index is 14.5. The van der Waals surface area contributed by atoms with Crippen molar-refractivity contribution in [2.24, 2.45) is 0 Å².